The summed E-state index contributed by atoms with van der Waals surface area (Å²) >= 11 is 0. The van der Waals surface area contributed by atoms with Crippen molar-refractivity contribution in [3.8, 4) is 33.6 Å². The van der Waals surface area contributed by atoms with Gasteiger partial charge in [0.15, 0.2) is 0 Å². The van der Waals surface area contributed by atoms with E-state index in [-0.39, 0.29) is 0 Å². The lowest BCUT2D eigenvalue weighted by atomic mass is 9.70. The second-order valence-electron chi connectivity index (χ2n) is 18.4. The molecule has 2 heterocycles. The number of fused-ring (bicyclic) bond motifs is 17. The molecule has 0 N–H and O–H groups in total. The first-order valence-electron chi connectivity index (χ1n) is 23.6. The van der Waals surface area contributed by atoms with Gasteiger partial charge in [0.2, 0.25) is 0 Å². The van der Waals surface area contributed by atoms with Gasteiger partial charge in [-0.25, -0.2) is 0 Å². The summed E-state index contributed by atoms with van der Waals surface area (Å²) in [6.45, 7) is 0. The first kappa shape index (κ1) is 37.3. The van der Waals surface area contributed by atoms with Crippen LogP contribution in [0.2, 0.25) is 0 Å². The van der Waals surface area contributed by atoms with Crippen molar-refractivity contribution in [1.82, 2.24) is 9.13 Å². The molecule has 13 aromatic rings. The van der Waals surface area contributed by atoms with E-state index in [0.29, 0.717) is 0 Å². The molecule has 0 saturated carbocycles. The van der Waals surface area contributed by atoms with Crippen LogP contribution in [0.4, 0.5) is 17.1 Å². The Hall–Kier alpha value is -8.92. The molecule has 0 atom stereocenters. The maximum absolute atomic E-state index is 2.56. The minimum atomic E-state index is -0.554. The minimum Gasteiger partial charge on any atom is -0.310 e. The van der Waals surface area contributed by atoms with Crippen LogP contribution < -0.4 is 4.90 Å². The second kappa shape index (κ2) is 14.0. The van der Waals surface area contributed by atoms with Crippen LogP contribution in [0.5, 0.6) is 0 Å². The molecule has 0 bridgehead atoms. The molecule has 0 radical (unpaired) electrons. The van der Waals surface area contributed by atoms with E-state index in [0.717, 1.165) is 39.5 Å². The van der Waals surface area contributed by atoms with Gasteiger partial charge in [-0.15, -0.1) is 0 Å². The van der Waals surface area contributed by atoms with E-state index in [4.69, 9.17) is 0 Å². The molecular weight excluding hydrogens is 823 g/mol. The minimum absolute atomic E-state index is 0.554. The van der Waals surface area contributed by atoms with Crippen molar-refractivity contribution in [2.45, 2.75) is 5.41 Å². The zero-order valence-electron chi connectivity index (χ0n) is 37.0. The Morgan fingerprint density at radius 3 is 1.38 bits per heavy atom. The molecule has 2 aliphatic carbocycles. The third-order valence-electron chi connectivity index (χ3n) is 15.1. The van der Waals surface area contributed by atoms with Crippen LogP contribution in [0, 0.1) is 0 Å². The molecule has 0 fully saturated rings. The first-order chi connectivity index (χ1) is 33.8. The summed E-state index contributed by atoms with van der Waals surface area (Å²) in [6, 6.07) is 92.6. The fourth-order valence-corrected chi connectivity index (χ4v) is 12.4. The highest BCUT2D eigenvalue weighted by molar-refractivity contribution is 6.13. The Morgan fingerprint density at radius 2 is 0.765 bits per heavy atom. The van der Waals surface area contributed by atoms with E-state index in [2.05, 4.69) is 263 Å². The lowest BCUT2D eigenvalue weighted by molar-refractivity contribution is 0.793. The smallest absolute Gasteiger partial charge is 0.0746 e. The van der Waals surface area contributed by atoms with Crippen LogP contribution in [0.15, 0.2) is 249 Å². The van der Waals surface area contributed by atoms with Crippen molar-refractivity contribution in [2.75, 3.05) is 4.90 Å². The van der Waals surface area contributed by atoms with Crippen molar-refractivity contribution < 1.29 is 0 Å². The Kier molecular flexibility index (Phi) is 7.71. The van der Waals surface area contributed by atoms with Gasteiger partial charge in [-0.2, -0.15) is 0 Å². The van der Waals surface area contributed by atoms with Crippen molar-refractivity contribution in [1.29, 1.82) is 0 Å². The molecule has 2 aromatic heterocycles. The molecule has 0 amide bonds. The van der Waals surface area contributed by atoms with Crippen LogP contribution in [0.1, 0.15) is 22.3 Å². The van der Waals surface area contributed by atoms with Gasteiger partial charge in [-0.05, 0) is 116 Å². The van der Waals surface area contributed by atoms with E-state index in [1.165, 1.54) is 87.9 Å². The third kappa shape index (κ3) is 4.97. The summed E-state index contributed by atoms with van der Waals surface area (Å²) in [5.41, 5.74) is 20.2. The summed E-state index contributed by atoms with van der Waals surface area (Å²) in [4.78, 5) is 2.56. The Labute approximate surface area is 393 Å². The first-order valence-corrected chi connectivity index (χ1v) is 23.6. The number of nitrogens with zero attached hydrogens (tertiary/aromatic N) is 3. The highest BCUT2D eigenvalue weighted by Gasteiger charge is 2.53. The van der Waals surface area contributed by atoms with E-state index in [9.17, 15) is 0 Å². The molecule has 3 nitrogen and oxygen atoms in total. The van der Waals surface area contributed by atoms with Crippen molar-refractivity contribution in [3.63, 3.8) is 0 Å². The molecule has 1 spiro atoms. The molecule has 3 heteroatoms. The molecule has 0 aliphatic heterocycles. The normalized spacial score (nSPS) is 13.1. The molecule has 15 rings (SSSR count). The summed E-state index contributed by atoms with van der Waals surface area (Å²) in [5.74, 6) is 0. The SMILES string of the molecule is c1ccc(-n2c3ccccc3c3ccc(N(c4ccc5c6ccccc6n(-c6ccc7ccccc7c6)c5c4)c4cccc5c4C4(c6ccccc6-c6ccccc64)c4ccccc4-5)cc32)cc1. The molecule has 316 valence electrons. The third-order valence-corrected chi connectivity index (χ3v) is 15.1. The monoisotopic (exact) mass is 863 g/mol. The van der Waals surface area contributed by atoms with Gasteiger partial charge in [-0.1, -0.05) is 182 Å². The number of para-hydroxylation sites is 3. The zero-order valence-corrected chi connectivity index (χ0v) is 37.0. The molecule has 0 saturated heterocycles. The fraction of sp³-hybridized carbons (Fsp3) is 0.0154. The Bertz CT molecular complexity index is 4160. The molecule has 2 aliphatic rings. The zero-order chi connectivity index (χ0) is 44.5. The lowest BCUT2D eigenvalue weighted by Crippen LogP contribution is -2.28. The predicted octanol–water partition coefficient (Wildman–Crippen LogP) is 16.8. The largest absolute Gasteiger partial charge is 0.310 e. The van der Waals surface area contributed by atoms with E-state index in [1.54, 1.807) is 0 Å². The number of rotatable bonds is 5. The number of benzene rings is 11. The van der Waals surface area contributed by atoms with Crippen LogP contribution in [0.3, 0.4) is 0 Å². The van der Waals surface area contributed by atoms with Gasteiger partial charge >= 0.3 is 0 Å². The van der Waals surface area contributed by atoms with Gasteiger partial charge in [0.1, 0.15) is 0 Å². The highest BCUT2D eigenvalue weighted by atomic mass is 15.2. The molecule has 11 aromatic carbocycles. The molecule has 0 unspecified atom stereocenters. The summed E-state index contributed by atoms with van der Waals surface area (Å²) in [6.07, 6.45) is 0. The van der Waals surface area contributed by atoms with Crippen LogP contribution in [0.25, 0.3) is 88.0 Å². The van der Waals surface area contributed by atoms with Crippen molar-refractivity contribution in [2.24, 2.45) is 0 Å². The standard InChI is InChI=1S/C65H41N3/c1-2-19-44(20-3-1)67-59-30-14-9-24-51(59)53-37-35-46(40-62(53)67)66(47-36-38-54-52-25-10-15-31-60(52)68(63(54)41-47)45-34-33-42-17-4-5-18-43(42)39-45)61-32-16-26-55-50-23-8-13-29-58(50)65(64(55)61)56-27-11-6-21-48(56)49-22-7-12-28-57(49)65/h1-41H. The second-order valence-corrected chi connectivity index (χ2v) is 18.4. The number of hydrogen-bond donors (Lipinski definition) is 0. The Morgan fingerprint density at radius 1 is 0.294 bits per heavy atom. The predicted molar refractivity (Wildman–Crippen MR) is 284 cm³/mol. The quantitative estimate of drug-likeness (QED) is 0.168. The van der Waals surface area contributed by atoms with E-state index in [1.807, 2.05) is 0 Å². The number of hydrogen-bond acceptors (Lipinski definition) is 1. The highest BCUT2D eigenvalue weighted by Crippen LogP contribution is 2.65. The maximum Gasteiger partial charge on any atom is 0.0746 e. The van der Waals surface area contributed by atoms with Crippen LogP contribution in [-0.4, -0.2) is 9.13 Å². The van der Waals surface area contributed by atoms with Crippen LogP contribution in [-0.2, 0) is 5.41 Å². The van der Waals surface area contributed by atoms with Gasteiger partial charge < -0.3 is 14.0 Å². The summed E-state index contributed by atoms with van der Waals surface area (Å²) < 4.78 is 4.90. The average molecular weight is 864 g/mol. The summed E-state index contributed by atoms with van der Waals surface area (Å²) in [7, 11) is 0. The lowest BCUT2D eigenvalue weighted by Gasteiger charge is -2.36. The van der Waals surface area contributed by atoms with E-state index < -0.39 is 5.41 Å². The number of aromatic nitrogens is 2. The van der Waals surface area contributed by atoms with Gasteiger partial charge in [0.05, 0.1) is 33.2 Å². The van der Waals surface area contributed by atoms with E-state index >= 15 is 0 Å². The van der Waals surface area contributed by atoms with Gasteiger partial charge in [0, 0.05) is 49.9 Å². The maximum atomic E-state index is 2.56. The fourth-order valence-electron chi connectivity index (χ4n) is 12.4. The van der Waals surface area contributed by atoms with Crippen molar-refractivity contribution >= 4 is 71.4 Å². The van der Waals surface area contributed by atoms with Crippen LogP contribution >= 0.6 is 0 Å². The van der Waals surface area contributed by atoms with Gasteiger partial charge in [0.25, 0.3) is 0 Å². The average Bonchev–Trinajstić information content (AvgIpc) is 4.11. The molecule has 68 heavy (non-hydrogen) atoms. The molecular formula is C65H41N3. The van der Waals surface area contributed by atoms with Gasteiger partial charge in [-0.3, -0.25) is 0 Å². The Balaban J connectivity index is 1.07. The topological polar surface area (TPSA) is 13.1 Å². The number of anilines is 3. The van der Waals surface area contributed by atoms with Crippen molar-refractivity contribution in [3.05, 3.63) is 271 Å². The summed E-state index contributed by atoms with van der Waals surface area (Å²) in [5, 5.41) is 7.36.